The first-order valence-corrected chi connectivity index (χ1v) is 8.55. The molecule has 0 aliphatic carbocycles. The summed E-state index contributed by atoms with van der Waals surface area (Å²) in [5.74, 6) is -0.736. The minimum atomic E-state index is -4.50. The third-order valence-corrected chi connectivity index (χ3v) is 3.62. The first kappa shape index (κ1) is 22.1. The molecule has 0 saturated heterocycles. The van der Waals surface area contributed by atoms with Crippen molar-refractivity contribution in [1.29, 1.82) is 0 Å². The lowest BCUT2D eigenvalue weighted by atomic mass is 10.1. The number of nitrogens with one attached hydrogen (secondary N) is 1. The summed E-state index contributed by atoms with van der Waals surface area (Å²) in [4.78, 5) is 31.7. The molecule has 2 aromatic heterocycles. The number of ether oxygens (including phenoxy) is 2. The molecule has 1 N–H and O–H groups in total. The van der Waals surface area contributed by atoms with Crippen LogP contribution in [0.2, 0.25) is 0 Å². The van der Waals surface area contributed by atoms with Gasteiger partial charge in [-0.3, -0.25) is 14.6 Å². The van der Waals surface area contributed by atoms with Crippen LogP contribution in [-0.2, 0) is 17.8 Å². The number of nitrogens with zero attached hydrogens (tertiary/aromatic N) is 2. The minimum absolute atomic E-state index is 0.0181. The molecule has 0 radical (unpaired) electrons. The summed E-state index contributed by atoms with van der Waals surface area (Å²) in [6.45, 7) is 1.72. The number of aromatic nitrogens is 2. The van der Waals surface area contributed by atoms with Crippen LogP contribution in [0.5, 0.6) is 11.6 Å². The zero-order valence-electron chi connectivity index (χ0n) is 16.1. The Morgan fingerprint density at radius 2 is 1.93 bits per heavy atom. The number of halogens is 3. The Labute approximate surface area is 165 Å². The number of carbonyl (C=O) groups is 2. The number of alkyl halides is 3. The van der Waals surface area contributed by atoms with Crippen LogP contribution in [0.1, 0.15) is 34.2 Å². The summed E-state index contributed by atoms with van der Waals surface area (Å²) in [5, 5.41) is 2.68. The van der Waals surface area contributed by atoms with Gasteiger partial charge in [0.05, 0.1) is 7.11 Å². The molecule has 156 valence electrons. The van der Waals surface area contributed by atoms with Crippen molar-refractivity contribution < 1.29 is 32.2 Å². The summed E-state index contributed by atoms with van der Waals surface area (Å²) in [5.41, 5.74) is 1.95. The number of amides is 1. The third-order valence-electron chi connectivity index (χ3n) is 3.62. The monoisotopic (exact) mass is 411 g/mol. The predicted molar refractivity (Wildman–Crippen MR) is 96.9 cm³/mol. The van der Waals surface area contributed by atoms with Crippen molar-refractivity contribution in [1.82, 2.24) is 15.3 Å². The Bertz CT molecular complexity index is 901. The fraction of sp³-hybridized carbons (Fsp3) is 0.368. The van der Waals surface area contributed by atoms with Gasteiger partial charge in [0.15, 0.2) is 12.4 Å². The summed E-state index contributed by atoms with van der Waals surface area (Å²) in [6, 6.07) is 4.56. The lowest BCUT2D eigenvalue weighted by Gasteiger charge is -2.13. The Hall–Kier alpha value is -3.17. The van der Waals surface area contributed by atoms with Crippen LogP contribution in [0, 0.1) is 6.92 Å². The van der Waals surface area contributed by atoms with E-state index in [1.54, 1.807) is 13.0 Å². The molecule has 7 nitrogen and oxygen atoms in total. The van der Waals surface area contributed by atoms with E-state index in [2.05, 4.69) is 20.0 Å². The van der Waals surface area contributed by atoms with E-state index in [9.17, 15) is 22.8 Å². The molecule has 2 aromatic rings. The molecular weight excluding hydrogens is 391 g/mol. The van der Waals surface area contributed by atoms with Gasteiger partial charge in [0.1, 0.15) is 5.78 Å². The number of hydrogen-bond donors (Lipinski definition) is 1. The minimum Gasteiger partial charge on any atom is -0.491 e. The van der Waals surface area contributed by atoms with E-state index in [4.69, 9.17) is 4.74 Å². The molecule has 0 unspecified atom stereocenters. The van der Waals surface area contributed by atoms with Gasteiger partial charge >= 0.3 is 6.18 Å². The first-order chi connectivity index (χ1) is 13.6. The van der Waals surface area contributed by atoms with E-state index in [0.717, 1.165) is 0 Å². The average Bonchev–Trinajstić information content (AvgIpc) is 2.62. The molecule has 0 bridgehead atoms. The van der Waals surface area contributed by atoms with Gasteiger partial charge in [-0.05, 0) is 37.6 Å². The zero-order valence-corrected chi connectivity index (χ0v) is 16.1. The van der Waals surface area contributed by atoms with Crippen LogP contribution >= 0.6 is 0 Å². The van der Waals surface area contributed by atoms with Gasteiger partial charge < -0.3 is 14.8 Å². The van der Waals surface area contributed by atoms with Crippen molar-refractivity contribution in [3.63, 3.8) is 0 Å². The highest BCUT2D eigenvalue weighted by molar-refractivity contribution is 5.94. The van der Waals surface area contributed by atoms with Crippen LogP contribution in [0.25, 0.3) is 0 Å². The van der Waals surface area contributed by atoms with Gasteiger partial charge in [-0.15, -0.1) is 0 Å². The number of methoxy groups -OCH3 is 1. The number of Topliss-reactive ketones (excluding diaryl/α,β-unsaturated/α-hetero) is 1. The number of hydrogen-bond acceptors (Lipinski definition) is 6. The molecule has 29 heavy (non-hydrogen) atoms. The first-order valence-electron chi connectivity index (χ1n) is 8.55. The second kappa shape index (κ2) is 9.35. The van der Waals surface area contributed by atoms with Crippen LogP contribution in [0.4, 0.5) is 13.2 Å². The molecular formula is C19H20F3N3O4. The molecule has 0 aromatic carbocycles. The van der Waals surface area contributed by atoms with Gasteiger partial charge in [-0.25, -0.2) is 4.98 Å². The number of rotatable bonds is 8. The lowest BCUT2D eigenvalue weighted by Crippen LogP contribution is -2.23. The second-order valence-corrected chi connectivity index (χ2v) is 6.30. The lowest BCUT2D eigenvalue weighted by molar-refractivity contribution is -0.154. The molecule has 0 fully saturated rings. The van der Waals surface area contributed by atoms with Crippen molar-refractivity contribution in [3.05, 3.63) is 46.9 Å². The van der Waals surface area contributed by atoms with Crippen molar-refractivity contribution in [2.45, 2.75) is 33.0 Å². The van der Waals surface area contributed by atoms with Gasteiger partial charge in [0.25, 0.3) is 11.8 Å². The van der Waals surface area contributed by atoms with E-state index in [0.29, 0.717) is 22.5 Å². The highest BCUT2D eigenvalue weighted by atomic mass is 19.4. The van der Waals surface area contributed by atoms with E-state index >= 15 is 0 Å². The number of pyridine rings is 2. The molecule has 1 amide bonds. The van der Waals surface area contributed by atoms with Gasteiger partial charge in [0.2, 0.25) is 0 Å². The number of ketones is 1. The predicted octanol–water partition coefficient (Wildman–Crippen LogP) is 2.80. The molecule has 0 spiro atoms. The van der Waals surface area contributed by atoms with Crippen molar-refractivity contribution in [2.24, 2.45) is 0 Å². The van der Waals surface area contributed by atoms with E-state index in [1.807, 2.05) is 0 Å². The topological polar surface area (TPSA) is 90.4 Å². The molecule has 0 aliphatic heterocycles. The molecule has 2 rings (SSSR count). The van der Waals surface area contributed by atoms with E-state index in [-0.39, 0.29) is 30.4 Å². The normalized spacial score (nSPS) is 11.1. The number of aryl methyl sites for hydroxylation is 1. The Morgan fingerprint density at radius 3 is 2.55 bits per heavy atom. The van der Waals surface area contributed by atoms with Crippen molar-refractivity contribution in [2.75, 3.05) is 13.7 Å². The van der Waals surface area contributed by atoms with Crippen LogP contribution in [-0.4, -0.2) is 41.6 Å². The maximum Gasteiger partial charge on any atom is 0.422 e. The summed E-state index contributed by atoms with van der Waals surface area (Å²) in [6.07, 6.45) is -3.08. The molecule has 10 heteroatoms. The Morgan fingerprint density at radius 1 is 1.21 bits per heavy atom. The van der Waals surface area contributed by atoms with E-state index in [1.165, 1.54) is 32.4 Å². The standard InChI is InChI=1S/C19H20F3N3O4/c1-11-4-14(7-15(25-11)5-12(2)26)17(27)23-8-13-6-16(28-3)18(24-9-13)29-10-19(20,21)22/h4,6-7,9H,5,8,10H2,1-3H3,(H,23,27). The SMILES string of the molecule is COc1cc(CNC(=O)c2cc(C)nc(CC(C)=O)c2)cnc1OCC(F)(F)F. The quantitative estimate of drug-likeness (QED) is 0.719. The molecule has 2 heterocycles. The zero-order chi connectivity index (χ0) is 21.6. The van der Waals surface area contributed by atoms with Crippen LogP contribution in [0.3, 0.4) is 0 Å². The largest absolute Gasteiger partial charge is 0.491 e. The summed E-state index contributed by atoms with van der Waals surface area (Å²) >= 11 is 0. The van der Waals surface area contributed by atoms with Gasteiger partial charge in [-0.2, -0.15) is 13.2 Å². The third kappa shape index (κ3) is 7.05. The van der Waals surface area contributed by atoms with Crippen molar-refractivity contribution in [3.8, 4) is 11.6 Å². The fourth-order valence-electron chi connectivity index (χ4n) is 2.47. The number of carbonyl (C=O) groups excluding carboxylic acids is 2. The average molecular weight is 411 g/mol. The maximum atomic E-state index is 12.4. The smallest absolute Gasteiger partial charge is 0.422 e. The highest BCUT2D eigenvalue weighted by Crippen LogP contribution is 2.27. The highest BCUT2D eigenvalue weighted by Gasteiger charge is 2.29. The fourth-order valence-corrected chi connectivity index (χ4v) is 2.47. The second-order valence-electron chi connectivity index (χ2n) is 6.30. The van der Waals surface area contributed by atoms with Crippen molar-refractivity contribution >= 4 is 11.7 Å². The maximum absolute atomic E-state index is 12.4. The van der Waals surface area contributed by atoms with E-state index < -0.39 is 18.7 Å². The Kier molecular flexibility index (Phi) is 7.13. The summed E-state index contributed by atoms with van der Waals surface area (Å²) < 4.78 is 46.5. The summed E-state index contributed by atoms with van der Waals surface area (Å²) in [7, 11) is 1.27. The molecule has 0 aliphatic rings. The molecule has 0 saturated carbocycles. The Balaban J connectivity index is 2.06. The van der Waals surface area contributed by atoms with Crippen LogP contribution in [0.15, 0.2) is 24.4 Å². The van der Waals surface area contributed by atoms with Crippen LogP contribution < -0.4 is 14.8 Å². The molecule has 0 atom stereocenters. The van der Waals surface area contributed by atoms with Gasteiger partial charge in [0, 0.05) is 36.1 Å². The van der Waals surface area contributed by atoms with Gasteiger partial charge in [-0.1, -0.05) is 0 Å².